The molecule has 34 heavy (non-hydrogen) atoms. The van der Waals surface area contributed by atoms with E-state index < -0.39 is 0 Å². The molecule has 180 valence electrons. The minimum atomic E-state index is -0.0303. The van der Waals surface area contributed by atoms with Gasteiger partial charge in [0.1, 0.15) is 5.69 Å². The summed E-state index contributed by atoms with van der Waals surface area (Å²) in [4.78, 5) is 19.5. The molecule has 0 saturated carbocycles. The molecule has 4 heterocycles. The molecule has 0 spiro atoms. The average molecular weight is 462 g/mol. The van der Waals surface area contributed by atoms with Gasteiger partial charge in [-0.15, -0.1) is 0 Å². The molecule has 1 amide bonds. The van der Waals surface area contributed by atoms with Crippen molar-refractivity contribution in [3.8, 4) is 17.2 Å². The molecule has 4 rings (SSSR count). The van der Waals surface area contributed by atoms with Gasteiger partial charge in [-0.05, 0) is 43.0 Å². The van der Waals surface area contributed by atoms with Gasteiger partial charge in [0.05, 0.1) is 25.2 Å². The van der Waals surface area contributed by atoms with E-state index in [1.165, 1.54) is 6.42 Å². The Kier molecular flexibility index (Phi) is 8.58. The predicted molar refractivity (Wildman–Crippen MR) is 132 cm³/mol. The van der Waals surface area contributed by atoms with E-state index in [9.17, 15) is 4.79 Å². The molecule has 1 unspecified atom stereocenters. The van der Waals surface area contributed by atoms with Gasteiger partial charge in [-0.25, -0.2) is 0 Å². The van der Waals surface area contributed by atoms with Gasteiger partial charge in [0.15, 0.2) is 0 Å². The van der Waals surface area contributed by atoms with Crippen LogP contribution in [0.3, 0.4) is 0 Å². The number of H-pyrrole nitrogens is 1. The summed E-state index contributed by atoms with van der Waals surface area (Å²) >= 11 is 0. The van der Waals surface area contributed by atoms with Crippen molar-refractivity contribution in [2.24, 2.45) is 0 Å². The van der Waals surface area contributed by atoms with E-state index in [4.69, 9.17) is 10.2 Å². The van der Waals surface area contributed by atoms with E-state index in [1.807, 2.05) is 36.4 Å². The Labute approximate surface area is 202 Å². The maximum Gasteiger partial charge on any atom is 0.274 e. The van der Waals surface area contributed by atoms with Crippen LogP contribution in [0.1, 0.15) is 86.4 Å². The Morgan fingerprint density at radius 2 is 2.03 bits per heavy atom. The molecule has 1 atom stereocenters. The molecule has 1 aliphatic rings. The number of aromatic amines is 1. The molecule has 1 fully saturated rings. The Morgan fingerprint density at radius 3 is 2.71 bits per heavy atom. The highest BCUT2D eigenvalue weighted by Crippen LogP contribution is 2.30. The molecular weight excluding hydrogens is 426 g/mol. The van der Waals surface area contributed by atoms with Gasteiger partial charge in [0, 0.05) is 47.8 Å². The zero-order valence-electron chi connectivity index (χ0n) is 20.9. The molecule has 0 aliphatic carbocycles. The van der Waals surface area contributed by atoms with Crippen molar-refractivity contribution in [3.63, 3.8) is 0 Å². The summed E-state index contributed by atoms with van der Waals surface area (Å²) < 4.78 is 1.79. The lowest BCUT2D eigenvalue weighted by atomic mass is 10.00. The first-order valence-electron chi connectivity index (χ1n) is 12.1. The number of pyridine rings is 1. The van der Waals surface area contributed by atoms with Gasteiger partial charge in [-0.1, -0.05) is 34.1 Å². The van der Waals surface area contributed by atoms with Crippen LogP contribution in [0.2, 0.25) is 0 Å². The molecule has 8 nitrogen and oxygen atoms in total. The van der Waals surface area contributed by atoms with E-state index in [0.29, 0.717) is 37.7 Å². The lowest BCUT2D eigenvalue weighted by molar-refractivity contribution is 0.0785. The van der Waals surface area contributed by atoms with E-state index in [-0.39, 0.29) is 11.8 Å². The second kappa shape index (κ2) is 11.6. The second-order valence-electron chi connectivity index (χ2n) is 9.13. The molecule has 0 aromatic carbocycles. The number of carbonyl (C=O) groups is 1. The Hall–Kier alpha value is -3.47. The molecule has 1 N–H and O–H groups in total. The van der Waals surface area contributed by atoms with Crippen LogP contribution in [0.15, 0.2) is 30.6 Å². The van der Waals surface area contributed by atoms with Crippen molar-refractivity contribution in [2.75, 3.05) is 13.1 Å². The highest BCUT2D eigenvalue weighted by Gasteiger charge is 2.30. The van der Waals surface area contributed by atoms with E-state index in [2.05, 4.69) is 55.1 Å². The lowest BCUT2D eigenvalue weighted by Crippen LogP contribution is -2.28. The Balaban J connectivity index is 0.00000103. The number of aryl methyl sites for hydroxylation is 2. The molecule has 1 saturated heterocycles. The summed E-state index contributed by atoms with van der Waals surface area (Å²) in [6.07, 6.45) is 6.35. The molecular formula is C26H35N7O. The average Bonchev–Trinajstić information content (AvgIpc) is 3.58. The fourth-order valence-electron chi connectivity index (χ4n) is 3.96. The van der Waals surface area contributed by atoms with Gasteiger partial charge >= 0.3 is 0 Å². The van der Waals surface area contributed by atoms with Crippen LogP contribution in [0.25, 0.3) is 11.1 Å². The Bertz CT molecular complexity index is 1140. The lowest BCUT2D eigenvalue weighted by Gasteiger charge is -2.15. The highest BCUT2D eigenvalue weighted by atomic mass is 16.2. The minimum absolute atomic E-state index is 0.0303. The second-order valence-corrected chi connectivity index (χ2v) is 9.13. The zero-order valence-corrected chi connectivity index (χ0v) is 20.9. The summed E-state index contributed by atoms with van der Waals surface area (Å²) in [7, 11) is 0. The molecule has 0 bridgehead atoms. The predicted octanol–water partition coefficient (Wildman–Crippen LogP) is 5.06. The molecule has 3 aromatic rings. The fourth-order valence-corrected chi connectivity index (χ4v) is 3.96. The van der Waals surface area contributed by atoms with Gasteiger partial charge < -0.3 is 4.90 Å². The number of nitriles is 1. The van der Waals surface area contributed by atoms with E-state index in [1.54, 1.807) is 4.68 Å². The summed E-state index contributed by atoms with van der Waals surface area (Å²) in [5.74, 6) is 0.469. The number of nitrogens with zero attached hydrogens (tertiary/aromatic N) is 6. The number of likely N-dealkylation sites (tertiary alicyclic amines) is 1. The minimum Gasteiger partial charge on any atom is -0.337 e. The van der Waals surface area contributed by atoms with E-state index in [0.717, 1.165) is 34.6 Å². The third-order valence-corrected chi connectivity index (χ3v) is 5.73. The topological polar surface area (TPSA) is 103 Å². The molecule has 1 aliphatic heterocycles. The Morgan fingerprint density at radius 1 is 1.26 bits per heavy atom. The van der Waals surface area contributed by atoms with Crippen molar-refractivity contribution in [1.29, 1.82) is 5.26 Å². The van der Waals surface area contributed by atoms with Crippen LogP contribution in [-0.2, 0) is 6.54 Å². The van der Waals surface area contributed by atoms with Crippen LogP contribution < -0.4 is 0 Å². The van der Waals surface area contributed by atoms with E-state index >= 15 is 0 Å². The van der Waals surface area contributed by atoms with Gasteiger partial charge in [-0.2, -0.15) is 15.5 Å². The quantitative estimate of drug-likeness (QED) is 0.553. The number of aromatic nitrogens is 5. The summed E-state index contributed by atoms with van der Waals surface area (Å²) in [5.41, 5.74) is 5.46. The van der Waals surface area contributed by atoms with Crippen LogP contribution in [0.5, 0.6) is 0 Å². The SMILES string of the molecule is CCC.Cc1cc(-c2cnn(CCC#N)c2)cc(C2CCN(C(=O)c3cc(C(C)C)[nH]n3)C2)n1. The number of nitrogens with one attached hydrogen (secondary N) is 1. The fraction of sp³-hybridized carbons (Fsp3) is 0.500. The zero-order chi connectivity index (χ0) is 24.7. The third-order valence-electron chi connectivity index (χ3n) is 5.73. The van der Waals surface area contributed by atoms with Crippen LogP contribution >= 0.6 is 0 Å². The number of hydrogen-bond acceptors (Lipinski definition) is 5. The number of carbonyl (C=O) groups excluding carboxylic acids is 1. The molecule has 3 aromatic heterocycles. The van der Waals surface area contributed by atoms with Crippen LogP contribution in [0.4, 0.5) is 0 Å². The highest BCUT2D eigenvalue weighted by molar-refractivity contribution is 5.92. The summed E-state index contributed by atoms with van der Waals surface area (Å²) in [5, 5.41) is 20.3. The van der Waals surface area contributed by atoms with Crippen molar-refractivity contribution in [2.45, 2.75) is 72.3 Å². The van der Waals surface area contributed by atoms with Crippen molar-refractivity contribution >= 4 is 5.91 Å². The van der Waals surface area contributed by atoms with Gasteiger partial charge in [0.2, 0.25) is 0 Å². The monoisotopic (exact) mass is 461 g/mol. The maximum absolute atomic E-state index is 12.9. The largest absolute Gasteiger partial charge is 0.337 e. The van der Waals surface area contributed by atoms with Gasteiger partial charge in [-0.3, -0.25) is 19.6 Å². The number of rotatable bonds is 6. The number of amides is 1. The summed E-state index contributed by atoms with van der Waals surface area (Å²) in [6.45, 7) is 12.3. The first kappa shape index (κ1) is 25.2. The van der Waals surface area contributed by atoms with Crippen molar-refractivity contribution in [3.05, 3.63) is 53.4 Å². The summed E-state index contributed by atoms with van der Waals surface area (Å²) in [6, 6.07) is 8.14. The normalized spacial score (nSPS) is 15.2. The smallest absolute Gasteiger partial charge is 0.274 e. The van der Waals surface area contributed by atoms with Crippen LogP contribution in [0, 0.1) is 18.3 Å². The van der Waals surface area contributed by atoms with Crippen molar-refractivity contribution < 1.29 is 4.79 Å². The first-order valence-corrected chi connectivity index (χ1v) is 12.1. The number of hydrogen-bond donors (Lipinski definition) is 1. The molecule has 0 radical (unpaired) electrons. The van der Waals surface area contributed by atoms with Gasteiger partial charge in [0.25, 0.3) is 5.91 Å². The first-order chi connectivity index (χ1) is 16.4. The van der Waals surface area contributed by atoms with Crippen molar-refractivity contribution in [1.82, 2.24) is 29.9 Å². The maximum atomic E-state index is 12.9. The molecule has 8 heteroatoms. The standard InChI is InChI=1S/C23H27N7O.C3H8/c1-15(2)20-11-22(28-27-20)23(31)29-8-5-17(13-29)21-10-18(9-16(3)26-21)19-12-25-30(14-19)7-4-6-24;1-3-2/h9-12,14-15,17H,4-5,7-8,13H2,1-3H3,(H,27,28);3H2,1-2H3. The third kappa shape index (κ3) is 6.10. The van der Waals surface area contributed by atoms with Crippen LogP contribution in [-0.4, -0.2) is 48.9 Å².